The van der Waals surface area contributed by atoms with Crippen LogP contribution in [0.3, 0.4) is 0 Å². The van der Waals surface area contributed by atoms with Crippen LogP contribution in [0.5, 0.6) is 11.5 Å². The van der Waals surface area contributed by atoms with Crippen LogP contribution >= 0.6 is 0 Å². The molecule has 0 aromatic heterocycles. The van der Waals surface area contributed by atoms with Crippen molar-refractivity contribution in [1.29, 1.82) is 5.41 Å². The number of rotatable bonds is 10. The van der Waals surface area contributed by atoms with E-state index in [4.69, 9.17) is 26.4 Å². The van der Waals surface area contributed by atoms with Crippen molar-refractivity contribution in [3.8, 4) is 11.5 Å². The summed E-state index contributed by atoms with van der Waals surface area (Å²) in [6.45, 7) is 4.88. The molecule has 0 saturated carbocycles. The van der Waals surface area contributed by atoms with E-state index in [1.54, 1.807) is 35.2 Å². The Morgan fingerprint density at radius 1 is 1.03 bits per heavy atom. The van der Waals surface area contributed by atoms with Gasteiger partial charge in [-0.05, 0) is 42.8 Å². The summed E-state index contributed by atoms with van der Waals surface area (Å²) in [6, 6.07) is 16.0. The minimum Gasteiger partial charge on any atom is -0.457 e. The summed E-state index contributed by atoms with van der Waals surface area (Å²) >= 11 is 0. The van der Waals surface area contributed by atoms with Gasteiger partial charge in [0.2, 0.25) is 5.91 Å². The third-order valence-electron chi connectivity index (χ3n) is 6.47. The van der Waals surface area contributed by atoms with Crippen molar-refractivity contribution >= 4 is 17.5 Å². The predicted molar refractivity (Wildman–Crippen MR) is 145 cm³/mol. The highest BCUT2D eigenvalue weighted by molar-refractivity contribution is 6.26. The van der Waals surface area contributed by atoms with Gasteiger partial charge in [0, 0.05) is 50.4 Å². The summed E-state index contributed by atoms with van der Waals surface area (Å²) in [5.74, 6) is 0.443. The van der Waals surface area contributed by atoms with Gasteiger partial charge >= 0.3 is 0 Å². The van der Waals surface area contributed by atoms with Gasteiger partial charge in [-0.3, -0.25) is 19.9 Å². The molecule has 10 nitrogen and oxygen atoms in total. The van der Waals surface area contributed by atoms with Crippen LogP contribution in [-0.2, 0) is 14.3 Å². The van der Waals surface area contributed by atoms with E-state index in [1.165, 1.54) is 0 Å². The average Bonchev–Trinajstić information content (AvgIpc) is 3.38. The van der Waals surface area contributed by atoms with Gasteiger partial charge in [0.1, 0.15) is 22.9 Å². The lowest BCUT2D eigenvalue weighted by Crippen LogP contribution is -2.39. The Balaban J connectivity index is 1.34. The number of hydrogen-bond donors (Lipinski definition) is 4. The molecule has 4 rings (SSSR count). The molecule has 0 bridgehead atoms. The molecule has 0 radical (unpaired) electrons. The van der Waals surface area contributed by atoms with E-state index in [0.717, 1.165) is 26.3 Å². The summed E-state index contributed by atoms with van der Waals surface area (Å²) in [7, 11) is 0. The first-order chi connectivity index (χ1) is 18.4. The van der Waals surface area contributed by atoms with Crippen molar-refractivity contribution < 1.29 is 19.1 Å². The number of nitrogens with two attached hydrogens (primary N) is 2. The number of morpholine rings is 1. The zero-order valence-electron chi connectivity index (χ0n) is 21.3. The van der Waals surface area contributed by atoms with Crippen LogP contribution in [0.2, 0.25) is 0 Å². The van der Waals surface area contributed by atoms with Gasteiger partial charge in [-0.1, -0.05) is 24.3 Å². The van der Waals surface area contributed by atoms with Crippen molar-refractivity contribution in [3.05, 3.63) is 83.7 Å². The van der Waals surface area contributed by atoms with Gasteiger partial charge in [-0.2, -0.15) is 0 Å². The minimum atomic E-state index is -0.804. The molecule has 2 aliphatic rings. The third-order valence-corrected chi connectivity index (χ3v) is 6.47. The lowest BCUT2D eigenvalue weighted by Gasteiger charge is -2.25. The zero-order valence-corrected chi connectivity index (χ0v) is 21.3. The molecule has 2 heterocycles. The number of amides is 2. The fourth-order valence-electron chi connectivity index (χ4n) is 4.41. The Labute approximate surface area is 222 Å². The molecule has 2 fully saturated rings. The predicted octanol–water partition coefficient (Wildman–Crippen LogP) is 1.58. The average molecular weight is 519 g/mol. The Hall–Kier alpha value is -4.15. The molecule has 38 heavy (non-hydrogen) atoms. The van der Waals surface area contributed by atoms with Gasteiger partial charge in [0.15, 0.2) is 0 Å². The van der Waals surface area contributed by atoms with E-state index >= 15 is 0 Å². The van der Waals surface area contributed by atoms with E-state index in [2.05, 4.69) is 10.2 Å². The monoisotopic (exact) mass is 518 g/mol. The maximum Gasteiger partial charge on any atom is 0.254 e. The van der Waals surface area contributed by atoms with Crippen LogP contribution < -0.4 is 21.5 Å². The number of benzene rings is 2. The maximum atomic E-state index is 12.6. The smallest absolute Gasteiger partial charge is 0.254 e. The largest absolute Gasteiger partial charge is 0.457 e. The highest BCUT2D eigenvalue weighted by Crippen LogP contribution is 2.22. The summed E-state index contributed by atoms with van der Waals surface area (Å²) < 4.78 is 11.1. The molecule has 6 N–H and O–H groups in total. The van der Waals surface area contributed by atoms with Gasteiger partial charge < -0.3 is 31.2 Å². The fraction of sp³-hybridized carbons (Fsp3) is 0.321. The molecule has 2 aromatic rings. The van der Waals surface area contributed by atoms with E-state index in [9.17, 15) is 9.59 Å². The van der Waals surface area contributed by atoms with Gasteiger partial charge in [-0.25, -0.2) is 0 Å². The summed E-state index contributed by atoms with van der Waals surface area (Å²) in [4.78, 5) is 28.8. The lowest BCUT2D eigenvalue weighted by atomic mass is 10.0. The second-order valence-electron chi connectivity index (χ2n) is 9.20. The van der Waals surface area contributed by atoms with Crippen LogP contribution in [0.15, 0.2) is 78.1 Å². The zero-order chi connectivity index (χ0) is 26.9. The topological polar surface area (TPSA) is 147 Å². The number of nitrogens with zero attached hydrogens (tertiary/aromatic N) is 2. The maximum absolute atomic E-state index is 12.6. The minimum absolute atomic E-state index is 0.0225. The number of primary amides is 1. The SMILES string of the molecule is N=C(/C(C(N)=O)=C(/N)NC1CCN(C(=O)/C=C/CN2CCOCC2)C1)c1ccc(Oc2ccccc2)cc1. The number of nitrogens with one attached hydrogen (secondary N) is 2. The normalized spacial score (nSPS) is 18.7. The molecule has 2 saturated heterocycles. The van der Waals surface area contributed by atoms with E-state index in [0.29, 0.717) is 43.1 Å². The number of para-hydroxylation sites is 1. The molecule has 0 aliphatic carbocycles. The molecule has 1 unspecified atom stereocenters. The van der Waals surface area contributed by atoms with Crippen LogP contribution in [0.4, 0.5) is 0 Å². The molecular weight excluding hydrogens is 484 g/mol. The van der Waals surface area contributed by atoms with Crippen LogP contribution in [-0.4, -0.2) is 79.3 Å². The van der Waals surface area contributed by atoms with E-state index in [1.807, 2.05) is 36.4 Å². The summed E-state index contributed by atoms with van der Waals surface area (Å²) in [5.41, 5.74) is 12.1. The molecule has 1 atom stereocenters. The van der Waals surface area contributed by atoms with E-state index < -0.39 is 5.91 Å². The van der Waals surface area contributed by atoms with Crippen molar-refractivity contribution in [3.63, 3.8) is 0 Å². The lowest BCUT2D eigenvalue weighted by molar-refractivity contribution is -0.125. The molecule has 2 aromatic carbocycles. The number of ether oxygens (including phenoxy) is 2. The molecule has 2 aliphatic heterocycles. The molecule has 0 spiro atoms. The Morgan fingerprint density at radius 3 is 2.39 bits per heavy atom. The molecular formula is C28H34N6O4. The summed E-state index contributed by atoms with van der Waals surface area (Å²) in [6.07, 6.45) is 4.15. The van der Waals surface area contributed by atoms with Gasteiger partial charge in [0.25, 0.3) is 5.91 Å². The van der Waals surface area contributed by atoms with Crippen molar-refractivity contribution in [1.82, 2.24) is 15.1 Å². The van der Waals surface area contributed by atoms with Crippen LogP contribution in [0.1, 0.15) is 12.0 Å². The first kappa shape index (κ1) is 26.9. The number of likely N-dealkylation sites (tertiary alicyclic amines) is 1. The van der Waals surface area contributed by atoms with Crippen molar-refractivity contribution in [2.45, 2.75) is 12.5 Å². The second kappa shape index (κ2) is 12.9. The van der Waals surface area contributed by atoms with Crippen LogP contribution in [0, 0.1) is 5.41 Å². The molecule has 2 amide bonds. The molecule has 10 heteroatoms. The first-order valence-electron chi connectivity index (χ1n) is 12.6. The standard InChI is InChI=1S/C28H34N6O4/c29-26(20-8-10-23(11-9-20)38-22-5-2-1-3-6-22)25(28(31)36)27(30)32-21-12-14-34(19-21)24(35)7-4-13-33-15-17-37-18-16-33/h1-11,21,29,32H,12-19,30H2,(H2,31,36)/b7-4+,27-25+,29-26?. The highest BCUT2D eigenvalue weighted by atomic mass is 16.5. The Kier molecular flexibility index (Phi) is 9.12. The van der Waals surface area contributed by atoms with Gasteiger partial charge in [-0.15, -0.1) is 0 Å². The molecule has 200 valence electrons. The number of hydrogen-bond acceptors (Lipinski definition) is 8. The summed E-state index contributed by atoms with van der Waals surface area (Å²) in [5, 5.41) is 11.7. The van der Waals surface area contributed by atoms with Crippen LogP contribution in [0.25, 0.3) is 0 Å². The highest BCUT2D eigenvalue weighted by Gasteiger charge is 2.27. The number of carbonyl (C=O) groups is 2. The Bertz CT molecular complexity index is 1190. The number of carbonyl (C=O) groups excluding carboxylic acids is 2. The van der Waals surface area contributed by atoms with E-state index in [-0.39, 0.29) is 29.1 Å². The van der Waals surface area contributed by atoms with Crippen molar-refractivity contribution in [2.24, 2.45) is 11.5 Å². The Morgan fingerprint density at radius 2 is 1.71 bits per heavy atom. The third kappa shape index (κ3) is 7.21. The van der Waals surface area contributed by atoms with Crippen molar-refractivity contribution in [2.75, 3.05) is 45.9 Å². The van der Waals surface area contributed by atoms with Gasteiger partial charge in [0.05, 0.1) is 18.9 Å². The first-order valence-corrected chi connectivity index (χ1v) is 12.6. The quantitative estimate of drug-likeness (QED) is 0.276. The second-order valence-corrected chi connectivity index (χ2v) is 9.20. The fourth-order valence-corrected chi connectivity index (χ4v) is 4.41.